The summed E-state index contributed by atoms with van der Waals surface area (Å²) in [5, 5.41) is 5.82. The van der Waals surface area contributed by atoms with Gasteiger partial charge in [0, 0.05) is 44.2 Å². The zero-order chi connectivity index (χ0) is 34.8. The predicted octanol–water partition coefficient (Wildman–Crippen LogP) is 11.2. The first kappa shape index (κ1) is 29.9. The van der Waals surface area contributed by atoms with Crippen molar-refractivity contribution < 1.29 is 0 Å². The number of para-hydroxylation sites is 4. The number of hydrogen-bond donors (Lipinski definition) is 0. The molecule has 10 aromatic rings. The van der Waals surface area contributed by atoms with E-state index in [1.807, 2.05) is 6.20 Å². The third-order valence-corrected chi connectivity index (χ3v) is 10.5. The lowest BCUT2D eigenvalue weighted by molar-refractivity contribution is 0.542. The van der Waals surface area contributed by atoms with Crippen LogP contribution in [0, 0.1) is 0 Å². The van der Waals surface area contributed by atoms with Gasteiger partial charge in [0.1, 0.15) is 17.3 Å². The second-order valence-electron chi connectivity index (χ2n) is 15.9. The Kier molecular flexibility index (Phi) is 6.01. The van der Waals surface area contributed by atoms with Crippen LogP contribution >= 0.6 is 0 Å². The van der Waals surface area contributed by atoms with Gasteiger partial charge in [0.05, 0.1) is 38.6 Å². The fraction of sp³-hybridized carbons (Fsp3) is 0.178. The summed E-state index contributed by atoms with van der Waals surface area (Å²) >= 11 is 0. The molecular weight excluding hydrogens is 625 g/mol. The summed E-state index contributed by atoms with van der Waals surface area (Å²) in [5.74, 6) is 1.93. The van der Waals surface area contributed by atoms with Gasteiger partial charge in [-0.3, -0.25) is 8.97 Å². The molecule has 0 saturated carbocycles. The lowest BCUT2D eigenvalue weighted by Gasteiger charge is -2.21. The van der Waals surface area contributed by atoms with Gasteiger partial charge in [-0.1, -0.05) is 96.1 Å². The fourth-order valence-corrected chi connectivity index (χ4v) is 7.99. The Morgan fingerprint density at radius 2 is 1.12 bits per heavy atom. The van der Waals surface area contributed by atoms with Crippen molar-refractivity contribution >= 4 is 71.2 Å². The maximum absolute atomic E-state index is 5.37. The van der Waals surface area contributed by atoms with Crippen molar-refractivity contribution in [3.05, 3.63) is 133 Å². The molecule has 0 bridgehead atoms. The third-order valence-electron chi connectivity index (χ3n) is 10.5. The maximum atomic E-state index is 5.37. The average Bonchev–Trinajstić information content (AvgIpc) is 3.77. The molecule has 6 heteroatoms. The molecule has 5 heterocycles. The monoisotopic (exact) mass is 662 g/mol. The first-order chi connectivity index (χ1) is 24.6. The first-order valence-corrected chi connectivity index (χ1v) is 17.7. The second-order valence-corrected chi connectivity index (χ2v) is 15.9. The van der Waals surface area contributed by atoms with Gasteiger partial charge in [-0.05, 0) is 71.6 Å². The van der Waals surface area contributed by atoms with E-state index in [0.29, 0.717) is 0 Å². The zero-order valence-corrected chi connectivity index (χ0v) is 29.7. The zero-order valence-electron chi connectivity index (χ0n) is 29.7. The van der Waals surface area contributed by atoms with E-state index in [0.717, 1.165) is 67.0 Å². The third kappa shape index (κ3) is 4.32. The largest absolute Gasteiger partial charge is 0.309 e. The van der Waals surface area contributed by atoms with Crippen LogP contribution in [0.1, 0.15) is 52.9 Å². The van der Waals surface area contributed by atoms with Crippen molar-refractivity contribution in [3.63, 3.8) is 0 Å². The summed E-state index contributed by atoms with van der Waals surface area (Å²) in [5.41, 5.74) is 10.6. The fourth-order valence-electron chi connectivity index (χ4n) is 7.99. The minimum Gasteiger partial charge on any atom is -0.309 e. The van der Waals surface area contributed by atoms with E-state index in [-0.39, 0.29) is 10.8 Å². The van der Waals surface area contributed by atoms with E-state index in [9.17, 15) is 0 Å². The second kappa shape index (κ2) is 10.3. The summed E-state index contributed by atoms with van der Waals surface area (Å²) in [6.45, 7) is 13.4. The van der Waals surface area contributed by atoms with Gasteiger partial charge in [0.15, 0.2) is 0 Å². The Balaban J connectivity index is 1.31. The minimum atomic E-state index is -0.187. The van der Waals surface area contributed by atoms with Gasteiger partial charge in [-0.2, -0.15) is 0 Å². The van der Waals surface area contributed by atoms with Crippen LogP contribution in [-0.2, 0) is 10.8 Å². The van der Waals surface area contributed by atoms with E-state index in [2.05, 4.69) is 170 Å². The molecule has 0 radical (unpaired) electrons. The Morgan fingerprint density at radius 3 is 1.86 bits per heavy atom. The molecule has 0 unspecified atom stereocenters. The van der Waals surface area contributed by atoms with Crippen molar-refractivity contribution in [3.8, 4) is 11.5 Å². The van der Waals surface area contributed by atoms with Crippen molar-refractivity contribution in [2.75, 3.05) is 0 Å². The number of hydrogen-bond acceptors (Lipinski definition) is 3. The van der Waals surface area contributed by atoms with Crippen LogP contribution in [0.15, 0.2) is 121 Å². The van der Waals surface area contributed by atoms with Crippen LogP contribution in [0.2, 0.25) is 0 Å². The Labute approximate surface area is 295 Å². The summed E-state index contributed by atoms with van der Waals surface area (Å²) in [6, 6.07) is 41.5. The first-order valence-electron chi connectivity index (χ1n) is 17.7. The maximum Gasteiger partial charge on any atom is 0.148 e. The highest BCUT2D eigenvalue weighted by atomic mass is 15.1. The standard InChI is InChI=1S/C45H38N6/c1-44(2,3)27-21-22-46-41(23-27)50-37-17-11-7-13-29(37)31-20-19-28(24-39(31)50)49-36-16-10-8-14-30(36)32-25-35-33(26-40(32)49)42-47-34-15-9-12-18-38(34)51(42)43(48-35)45(4,5)6/h7-26H,1-6H3. The van der Waals surface area contributed by atoms with Gasteiger partial charge >= 0.3 is 0 Å². The Bertz CT molecular complexity index is 3050. The SMILES string of the molecule is CC(C)(C)c1ccnc(-n2c3ccccc3c3ccc(-n4c5ccccc5c5cc6nc(C(C)(C)C)n7c8ccccc8nc7c6cc54)cc32)c1. The summed E-state index contributed by atoms with van der Waals surface area (Å²) in [4.78, 5) is 15.5. The molecule has 248 valence electrons. The van der Waals surface area contributed by atoms with E-state index in [1.54, 1.807) is 0 Å². The smallest absolute Gasteiger partial charge is 0.148 e. The average molecular weight is 663 g/mol. The minimum absolute atomic E-state index is 0.00196. The van der Waals surface area contributed by atoms with Crippen LogP contribution in [0.5, 0.6) is 0 Å². The number of nitrogens with zero attached hydrogens (tertiary/aromatic N) is 6. The molecule has 0 saturated heterocycles. The van der Waals surface area contributed by atoms with Gasteiger partial charge in [-0.15, -0.1) is 0 Å². The van der Waals surface area contributed by atoms with Crippen molar-refractivity contribution in [2.45, 2.75) is 52.4 Å². The Morgan fingerprint density at radius 1 is 0.471 bits per heavy atom. The van der Waals surface area contributed by atoms with Gasteiger partial charge in [0.2, 0.25) is 0 Å². The molecule has 0 atom stereocenters. The molecule has 5 aromatic carbocycles. The molecule has 0 aliphatic carbocycles. The highest BCUT2D eigenvalue weighted by Crippen LogP contribution is 2.40. The number of pyridine rings is 1. The number of imidazole rings is 1. The molecule has 10 rings (SSSR count). The van der Waals surface area contributed by atoms with E-state index in [1.165, 1.54) is 27.1 Å². The van der Waals surface area contributed by atoms with Crippen molar-refractivity contribution in [2.24, 2.45) is 0 Å². The molecule has 0 N–H and O–H groups in total. The van der Waals surface area contributed by atoms with E-state index < -0.39 is 0 Å². The normalized spacial score (nSPS) is 12.9. The quantitative estimate of drug-likeness (QED) is 0.185. The molecule has 0 spiro atoms. The molecule has 0 aliphatic heterocycles. The van der Waals surface area contributed by atoms with E-state index >= 15 is 0 Å². The van der Waals surface area contributed by atoms with Crippen LogP contribution in [0.3, 0.4) is 0 Å². The number of rotatable bonds is 2. The van der Waals surface area contributed by atoms with Crippen molar-refractivity contribution in [1.29, 1.82) is 0 Å². The van der Waals surface area contributed by atoms with Crippen molar-refractivity contribution in [1.82, 2.24) is 28.5 Å². The molecule has 0 aliphatic rings. The summed E-state index contributed by atoms with van der Waals surface area (Å²) in [7, 11) is 0. The summed E-state index contributed by atoms with van der Waals surface area (Å²) in [6.07, 6.45) is 1.94. The molecule has 0 amide bonds. The molecule has 0 fully saturated rings. The lowest BCUT2D eigenvalue weighted by atomic mass is 9.88. The highest BCUT2D eigenvalue weighted by Gasteiger charge is 2.25. The predicted molar refractivity (Wildman–Crippen MR) is 212 cm³/mol. The molecule has 51 heavy (non-hydrogen) atoms. The van der Waals surface area contributed by atoms with Crippen LogP contribution in [-0.4, -0.2) is 28.5 Å². The van der Waals surface area contributed by atoms with E-state index in [4.69, 9.17) is 15.0 Å². The molecule has 6 nitrogen and oxygen atoms in total. The topological polar surface area (TPSA) is 52.9 Å². The Hall–Kier alpha value is -6.01. The number of fused-ring (bicyclic) bond motifs is 11. The molecule has 5 aromatic heterocycles. The van der Waals surface area contributed by atoms with Crippen LogP contribution < -0.4 is 0 Å². The number of aromatic nitrogens is 6. The van der Waals surface area contributed by atoms with Crippen LogP contribution in [0.25, 0.3) is 82.7 Å². The highest BCUT2D eigenvalue weighted by molar-refractivity contribution is 6.16. The summed E-state index contributed by atoms with van der Waals surface area (Å²) < 4.78 is 6.99. The van der Waals surface area contributed by atoms with Crippen LogP contribution in [0.4, 0.5) is 0 Å². The van der Waals surface area contributed by atoms with Gasteiger partial charge in [0.25, 0.3) is 0 Å². The van der Waals surface area contributed by atoms with Gasteiger partial charge in [-0.25, -0.2) is 15.0 Å². The number of benzene rings is 5. The van der Waals surface area contributed by atoms with Gasteiger partial charge < -0.3 is 4.57 Å². The molecular formula is C45H38N6. The lowest BCUT2D eigenvalue weighted by Crippen LogP contribution is -2.19.